The first-order valence-electron chi connectivity index (χ1n) is 8.71. The molecule has 2 aromatic rings. The summed E-state index contributed by atoms with van der Waals surface area (Å²) in [5, 5.41) is 16.2. The molecule has 1 aliphatic heterocycles. The molecule has 26 heavy (non-hydrogen) atoms. The molecule has 2 aromatic carbocycles. The van der Waals surface area contributed by atoms with Crippen molar-refractivity contribution in [1.82, 2.24) is 10.2 Å². The molecule has 7 heteroatoms. The lowest BCUT2D eigenvalue weighted by atomic mass is 10.00. The van der Waals surface area contributed by atoms with Crippen LogP contribution in [0.4, 0.5) is 16.2 Å². The standard InChI is InChI=1S/C19H22N4O3/c24-19(21-17-8-3-4-9-18(17)23(25)26)20-11-5-12-22-13-10-15-6-1-2-7-16(15)14-22/h1-4,6-9H,5,10-14H2,(H2,20,21,24). The number of nitrogens with zero attached hydrogens (tertiary/aromatic N) is 2. The predicted octanol–water partition coefficient (Wildman–Crippen LogP) is 3.16. The van der Waals surface area contributed by atoms with Crippen molar-refractivity contribution in [2.45, 2.75) is 19.4 Å². The van der Waals surface area contributed by atoms with Gasteiger partial charge < -0.3 is 10.6 Å². The summed E-state index contributed by atoms with van der Waals surface area (Å²) < 4.78 is 0. The number of urea groups is 1. The summed E-state index contributed by atoms with van der Waals surface area (Å²) >= 11 is 0. The van der Waals surface area contributed by atoms with Crippen LogP contribution < -0.4 is 10.6 Å². The summed E-state index contributed by atoms with van der Waals surface area (Å²) in [6.07, 6.45) is 1.88. The molecule has 2 amide bonds. The summed E-state index contributed by atoms with van der Waals surface area (Å²) in [6.45, 7) is 3.39. The molecule has 136 valence electrons. The number of nitro benzene ring substituents is 1. The Morgan fingerprint density at radius 1 is 1.12 bits per heavy atom. The number of rotatable bonds is 6. The lowest BCUT2D eigenvalue weighted by Crippen LogP contribution is -2.35. The molecule has 0 aromatic heterocycles. The van der Waals surface area contributed by atoms with E-state index in [4.69, 9.17) is 0 Å². The second-order valence-corrected chi connectivity index (χ2v) is 6.30. The molecule has 0 saturated heterocycles. The quantitative estimate of drug-likeness (QED) is 0.474. The molecular weight excluding hydrogens is 332 g/mol. The average Bonchev–Trinajstić information content (AvgIpc) is 2.65. The molecule has 1 heterocycles. The maximum absolute atomic E-state index is 11.9. The number of carbonyl (C=O) groups is 1. The van der Waals surface area contributed by atoms with E-state index in [1.165, 1.54) is 23.3 Å². The summed E-state index contributed by atoms with van der Waals surface area (Å²) in [4.78, 5) is 24.8. The third-order valence-electron chi connectivity index (χ3n) is 4.50. The highest BCUT2D eigenvalue weighted by atomic mass is 16.6. The van der Waals surface area contributed by atoms with Crippen LogP contribution in [-0.4, -0.2) is 35.5 Å². The van der Waals surface area contributed by atoms with Crippen molar-refractivity contribution in [1.29, 1.82) is 0 Å². The van der Waals surface area contributed by atoms with E-state index in [-0.39, 0.29) is 11.4 Å². The Balaban J connectivity index is 1.40. The minimum absolute atomic E-state index is 0.116. The lowest BCUT2D eigenvalue weighted by molar-refractivity contribution is -0.383. The van der Waals surface area contributed by atoms with Crippen molar-refractivity contribution >= 4 is 17.4 Å². The van der Waals surface area contributed by atoms with Gasteiger partial charge >= 0.3 is 6.03 Å². The van der Waals surface area contributed by atoms with Crippen molar-refractivity contribution in [3.63, 3.8) is 0 Å². The zero-order valence-electron chi connectivity index (χ0n) is 14.5. The molecule has 0 unspecified atom stereocenters. The molecule has 0 saturated carbocycles. The molecule has 0 spiro atoms. The Labute approximate surface area is 152 Å². The van der Waals surface area contributed by atoms with Gasteiger partial charge in [-0.15, -0.1) is 0 Å². The van der Waals surface area contributed by atoms with Gasteiger partial charge in [0.25, 0.3) is 5.69 Å². The van der Waals surface area contributed by atoms with Gasteiger partial charge in [0.15, 0.2) is 0 Å². The van der Waals surface area contributed by atoms with Crippen molar-refractivity contribution in [2.75, 3.05) is 25.0 Å². The first-order valence-corrected chi connectivity index (χ1v) is 8.71. The normalized spacial score (nSPS) is 13.7. The highest BCUT2D eigenvalue weighted by Crippen LogP contribution is 2.23. The van der Waals surface area contributed by atoms with Gasteiger partial charge in [0.1, 0.15) is 5.69 Å². The van der Waals surface area contributed by atoms with Gasteiger partial charge in [-0.3, -0.25) is 15.0 Å². The van der Waals surface area contributed by atoms with Crippen LogP contribution in [0.15, 0.2) is 48.5 Å². The fraction of sp³-hybridized carbons (Fsp3) is 0.316. The highest BCUT2D eigenvalue weighted by Gasteiger charge is 2.16. The van der Waals surface area contributed by atoms with E-state index in [0.29, 0.717) is 6.54 Å². The fourth-order valence-corrected chi connectivity index (χ4v) is 3.15. The fourth-order valence-electron chi connectivity index (χ4n) is 3.15. The Morgan fingerprint density at radius 3 is 2.65 bits per heavy atom. The van der Waals surface area contributed by atoms with E-state index in [1.54, 1.807) is 12.1 Å². The van der Waals surface area contributed by atoms with E-state index in [9.17, 15) is 14.9 Å². The highest BCUT2D eigenvalue weighted by molar-refractivity contribution is 5.91. The molecule has 2 N–H and O–H groups in total. The molecule has 0 atom stereocenters. The van der Waals surface area contributed by atoms with E-state index < -0.39 is 11.0 Å². The van der Waals surface area contributed by atoms with E-state index >= 15 is 0 Å². The number of benzene rings is 2. The lowest BCUT2D eigenvalue weighted by Gasteiger charge is -2.28. The number of fused-ring (bicyclic) bond motifs is 1. The number of amides is 2. The van der Waals surface area contributed by atoms with Crippen LogP contribution in [0.5, 0.6) is 0 Å². The minimum atomic E-state index is -0.510. The van der Waals surface area contributed by atoms with Crippen LogP contribution in [0.2, 0.25) is 0 Å². The zero-order valence-corrected chi connectivity index (χ0v) is 14.5. The smallest absolute Gasteiger partial charge is 0.319 e. The number of carbonyl (C=O) groups excluding carboxylic acids is 1. The number of para-hydroxylation sites is 2. The van der Waals surface area contributed by atoms with Crippen molar-refractivity contribution < 1.29 is 9.72 Å². The van der Waals surface area contributed by atoms with Crippen LogP contribution >= 0.6 is 0 Å². The maximum Gasteiger partial charge on any atom is 0.319 e. The molecule has 1 aliphatic rings. The summed E-state index contributed by atoms with van der Waals surface area (Å²) in [5.74, 6) is 0. The van der Waals surface area contributed by atoms with Gasteiger partial charge in [0.05, 0.1) is 4.92 Å². The van der Waals surface area contributed by atoms with Crippen LogP contribution in [-0.2, 0) is 13.0 Å². The molecule has 7 nitrogen and oxygen atoms in total. The van der Waals surface area contributed by atoms with Crippen LogP contribution in [0.25, 0.3) is 0 Å². The average molecular weight is 354 g/mol. The third kappa shape index (κ3) is 4.58. The second kappa shape index (κ2) is 8.44. The van der Waals surface area contributed by atoms with Gasteiger partial charge in [-0.25, -0.2) is 4.79 Å². The molecule has 0 aliphatic carbocycles. The van der Waals surface area contributed by atoms with Crippen molar-refractivity contribution in [3.05, 3.63) is 69.8 Å². The third-order valence-corrected chi connectivity index (χ3v) is 4.50. The van der Waals surface area contributed by atoms with E-state index in [2.05, 4.69) is 39.8 Å². The van der Waals surface area contributed by atoms with Crippen LogP contribution in [0.1, 0.15) is 17.5 Å². The molecule has 3 rings (SSSR count). The largest absolute Gasteiger partial charge is 0.338 e. The van der Waals surface area contributed by atoms with E-state index in [0.717, 1.165) is 32.5 Å². The first kappa shape index (κ1) is 17.9. The molecular formula is C19H22N4O3. The Kier molecular flexibility index (Phi) is 5.80. The zero-order chi connectivity index (χ0) is 18.4. The summed E-state index contributed by atoms with van der Waals surface area (Å²) in [7, 11) is 0. The number of hydrogen-bond donors (Lipinski definition) is 2. The molecule has 0 bridgehead atoms. The number of anilines is 1. The van der Waals surface area contributed by atoms with Crippen molar-refractivity contribution in [2.24, 2.45) is 0 Å². The molecule has 0 fully saturated rings. The Hall–Kier alpha value is -2.93. The second-order valence-electron chi connectivity index (χ2n) is 6.30. The Morgan fingerprint density at radius 2 is 1.85 bits per heavy atom. The maximum atomic E-state index is 11.9. The SMILES string of the molecule is O=C(NCCCN1CCc2ccccc2C1)Nc1ccccc1[N+](=O)[O-]. The number of hydrogen-bond acceptors (Lipinski definition) is 4. The molecule has 0 radical (unpaired) electrons. The van der Waals surface area contributed by atoms with Gasteiger partial charge in [0, 0.05) is 32.2 Å². The van der Waals surface area contributed by atoms with Crippen molar-refractivity contribution in [3.8, 4) is 0 Å². The number of nitrogens with one attached hydrogen (secondary N) is 2. The summed E-state index contributed by atoms with van der Waals surface area (Å²) in [6, 6.07) is 14.2. The van der Waals surface area contributed by atoms with Gasteiger partial charge in [-0.2, -0.15) is 0 Å². The number of nitro groups is 1. The van der Waals surface area contributed by atoms with Gasteiger partial charge in [-0.05, 0) is 30.0 Å². The Bertz CT molecular complexity index is 794. The van der Waals surface area contributed by atoms with Gasteiger partial charge in [-0.1, -0.05) is 36.4 Å². The minimum Gasteiger partial charge on any atom is -0.338 e. The summed E-state index contributed by atoms with van der Waals surface area (Å²) in [5.41, 5.74) is 2.88. The first-order chi connectivity index (χ1) is 12.6. The topological polar surface area (TPSA) is 87.5 Å². The monoisotopic (exact) mass is 354 g/mol. The predicted molar refractivity (Wildman–Crippen MR) is 100 cm³/mol. The van der Waals surface area contributed by atoms with Gasteiger partial charge in [0.2, 0.25) is 0 Å². The van der Waals surface area contributed by atoms with Crippen LogP contribution in [0.3, 0.4) is 0 Å². The van der Waals surface area contributed by atoms with Crippen LogP contribution in [0, 0.1) is 10.1 Å². The van der Waals surface area contributed by atoms with E-state index in [1.807, 2.05) is 0 Å².